The van der Waals surface area contributed by atoms with Crippen molar-refractivity contribution in [3.8, 4) is 0 Å². The van der Waals surface area contributed by atoms with E-state index < -0.39 is 22.0 Å². The molecule has 148 valence electrons. The Hall–Kier alpha value is -2.07. The number of aromatic nitrogens is 1. The quantitative estimate of drug-likeness (QED) is 0.579. The standard InChI is InChI=1S/C16H28N4O5S/c1-6-25-16(22)19-12(7-11(2)3)9-18-15(21)14-8-13(10-20(14)5)26(23,24)17-4/h8,10-12,17H,6-7,9H2,1-5H3,(H,18,21)(H,19,22)/t12-/m1/s1. The van der Waals surface area contributed by atoms with Crippen LogP contribution >= 0.6 is 0 Å². The average molecular weight is 388 g/mol. The molecular formula is C16H28N4O5S. The number of sulfonamides is 1. The fraction of sp³-hybridized carbons (Fsp3) is 0.625. The van der Waals surface area contributed by atoms with Crippen LogP contribution in [0, 0.1) is 5.92 Å². The first kappa shape index (κ1) is 22.0. The van der Waals surface area contributed by atoms with Gasteiger partial charge in [0.25, 0.3) is 5.91 Å². The number of carbonyl (C=O) groups is 2. The summed E-state index contributed by atoms with van der Waals surface area (Å²) in [5, 5.41) is 5.45. The summed E-state index contributed by atoms with van der Waals surface area (Å²) in [7, 11) is -0.733. The van der Waals surface area contributed by atoms with Crippen LogP contribution in [0.25, 0.3) is 0 Å². The van der Waals surface area contributed by atoms with E-state index in [4.69, 9.17) is 4.74 Å². The summed E-state index contributed by atoms with van der Waals surface area (Å²) in [5.74, 6) is -0.120. The Bertz CT molecular complexity index is 727. The van der Waals surface area contributed by atoms with E-state index in [1.165, 1.54) is 23.9 Å². The monoisotopic (exact) mass is 388 g/mol. The number of nitrogens with zero attached hydrogens (tertiary/aromatic N) is 1. The molecule has 2 amide bonds. The fourth-order valence-corrected chi connectivity index (χ4v) is 3.23. The van der Waals surface area contributed by atoms with E-state index in [-0.39, 0.29) is 29.8 Å². The summed E-state index contributed by atoms with van der Waals surface area (Å²) in [4.78, 5) is 24.0. The second kappa shape index (κ2) is 9.58. The number of alkyl carbamates (subject to hydrolysis) is 1. The maximum Gasteiger partial charge on any atom is 0.407 e. The molecule has 0 saturated carbocycles. The van der Waals surface area contributed by atoms with Gasteiger partial charge in [0.1, 0.15) is 10.6 Å². The van der Waals surface area contributed by atoms with Crippen LogP contribution in [0.2, 0.25) is 0 Å². The molecule has 0 saturated heterocycles. The topological polar surface area (TPSA) is 119 Å². The van der Waals surface area contributed by atoms with Crippen LogP contribution < -0.4 is 15.4 Å². The minimum atomic E-state index is -3.63. The summed E-state index contributed by atoms with van der Waals surface area (Å²) in [6.45, 7) is 6.19. The van der Waals surface area contributed by atoms with Gasteiger partial charge < -0.3 is 19.9 Å². The van der Waals surface area contributed by atoms with Gasteiger partial charge >= 0.3 is 6.09 Å². The predicted molar refractivity (Wildman–Crippen MR) is 97.4 cm³/mol. The predicted octanol–water partition coefficient (Wildman–Crippen LogP) is 0.824. The van der Waals surface area contributed by atoms with Crippen molar-refractivity contribution < 1.29 is 22.7 Å². The number of amides is 2. The van der Waals surface area contributed by atoms with E-state index in [0.717, 1.165) is 0 Å². The molecule has 0 aliphatic rings. The van der Waals surface area contributed by atoms with Crippen molar-refractivity contribution >= 4 is 22.0 Å². The zero-order valence-corrected chi connectivity index (χ0v) is 16.6. The molecule has 0 aromatic carbocycles. The van der Waals surface area contributed by atoms with E-state index in [2.05, 4.69) is 15.4 Å². The molecule has 0 unspecified atom stereocenters. The number of carbonyl (C=O) groups excluding carboxylic acids is 2. The summed E-state index contributed by atoms with van der Waals surface area (Å²) < 4.78 is 32.2. The first-order valence-electron chi connectivity index (χ1n) is 8.42. The first-order valence-corrected chi connectivity index (χ1v) is 9.90. The molecule has 1 atom stereocenters. The number of aryl methyl sites for hydroxylation is 1. The normalized spacial score (nSPS) is 12.7. The Morgan fingerprint density at radius 2 is 1.96 bits per heavy atom. The number of nitrogens with one attached hydrogen (secondary N) is 3. The second-order valence-electron chi connectivity index (χ2n) is 6.28. The molecule has 0 aliphatic carbocycles. The van der Waals surface area contributed by atoms with Crippen molar-refractivity contribution in [2.24, 2.45) is 13.0 Å². The van der Waals surface area contributed by atoms with Crippen LogP contribution in [0.1, 0.15) is 37.7 Å². The van der Waals surface area contributed by atoms with E-state index in [1.807, 2.05) is 13.8 Å². The van der Waals surface area contributed by atoms with E-state index in [1.54, 1.807) is 14.0 Å². The molecular weight excluding hydrogens is 360 g/mol. The molecule has 10 heteroatoms. The van der Waals surface area contributed by atoms with Crippen molar-refractivity contribution in [1.82, 2.24) is 19.9 Å². The lowest BCUT2D eigenvalue weighted by Gasteiger charge is -2.20. The van der Waals surface area contributed by atoms with Gasteiger partial charge in [-0.25, -0.2) is 17.9 Å². The van der Waals surface area contributed by atoms with Gasteiger partial charge in [-0.1, -0.05) is 13.8 Å². The Morgan fingerprint density at radius 3 is 2.50 bits per heavy atom. The van der Waals surface area contributed by atoms with Gasteiger partial charge in [-0.05, 0) is 32.4 Å². The Balaban J connectivity index is 2.80. The highest BCUT2D eigenvalue weighted by Gasteiger charge is 2.21. The minimum Gasteiger partial charge on any atom is -0.450 e. The van der Waals surface area contributed by atoms with Crippen molar-refractivity contribution in [3.63, 3.8) is 0 Å². The lowest BCUT2D eigenvalue weighted by Crippen LogP contribution is -2.44. The van der Waals surface area contributed by atoms with Crippen molar-refractivity contribution in [2.75, 3.05) is 20.2 Å². The van der Waals surface area contributed by atoms with Crippen LogP contribution in [0.3, 0.4) is 0 Å². The fourth-order valence-electron chi connectivity index (χ4n) is 2.43. The first-order chi connectivity index (χ1) is 12.1. The molecule has 0 bridgehead atoms. The third-order valence-corrected chi connectivity index (χ3v) is 5.04. The molecule has 9 nitrogen and oxygen atoms in total. The molecule has 3 N–H and O–H groups in total. The molecule has 1 heterocycles. The zero-order chi connectivity index (χ0) is 19.9. The maximum atomic E-state index is 12.4. The smallest absolute Gasteiger partial charge is 0.407 e. The summed E-state index contributed by atoms with van der Waals surface area (Å²) in [6, 6.07) is 1.01. The Labute approximate surface area is 154 Å². The Morgan fingerprint density at radius 1 is 1.31 bits per heavy atom. The maximum absolute atomic E-state index is 12.4. The summed E-state index contributed by atoms with van der Waals surface area (Å²) >= 11 is 0. The number of ether oxygens (including phenoxy) is 1. The van der Waals surface area contributed by atoms with E-state index >= 15 is 0 Å². The molecule has 0 aliphatic heterocycles. The van der Waals surface area contributed by atoms with Gasteiger partial charge in [0.05, 0.1) is 6.61 Å². The van der Waals surface area contributed by atoms with Crippen molar-refractivity contribution in [3.05, 3.63) is 18.0 Å². The highest BCUT2D eigenvalue weighted by Crippen LogP contribution is 2.13. The third-order valence-electron chi connectivity index (χ3n) is 3.65. The summed E-state index contributed by atoms with van der Waals surface area (Å²) in [5.41, 5.74) is 0.207. The molecule has 1 aromatic rings. The number of hydrogen-bond acceptors (Lipinski definition) is 5. The van der Waals surface area contributed by atoms with Gasteiger partial charge in [0.2, 0.25) is 10.0 Å². The average Bonchev–Trinajstić information content (AvgIpc) is 2.94. The van der Waals surface area contributed by atoms with E-state index in [9.17, 15) is 18.0 Å². The number of hydrogen-bond donors (Lipinski definition) is 3. The van der Waals surface area contributed by atoms with Crippen LogP contribution in [0.15, 0.2) is 17.2 Å². The highest BCUT2D eigenvalue weighted by atomic mass is 32.2. The van der Waals surface area contributed by atoms with Crippen LogP contribution in [0.4, 0.5) is 4.79 Å². The minimum absolute atomic E-state index is 0.0102. The van der Waals surface area contributed by atoms with Crippen molar-refractivity contribution in [2.45, 2.75) is 38.1 Å². The van der Waals surface area contributed by atoms with Gasteiger partial charge in [-0.2, -0.15) is 0 Å². The molecule has 0 fully saturated rings. The van der Waals surface area contributed by atoms with Gasteiger partial charge in [-0.3, -0.25) is 4.79 Å². The van der Waals surface area contributed by atoms with Gasteiger partial charge in [0.15, 0.2) is 0 Å². The summed E-state index contributed by atoms with van der Waals surface area (Å²) in [6.07, 6.45) is 1.49. The van der Waals surface area contributed by atoms with Crippen molar-refractivity contribution in [1.29, 1.82) is 0 Å². The van der Waals surface area contributed by atoms with Gasteiger partial charge in [-0.15, -0.1) is 0 Å². The van der Waals surface area contributed by atoms with E-state index in [0.29, 0.717) is 12.3 Å². The SMILES string of the molecule is CCOC(=O)N[C@@H](CNC(=O)c1cc(S(=O)(=O)NC)cn1C)CC(C)C. The van der Waals surface area contributed by atoms with Gasteiger partial charge in [0, 0.05) is 25.8 Å². The van der Waals surface area contributed by atoms with Crippen LogP contribution in [0.5, 0.6) is 0 Å². The molecule has 1 rings (SSSR count). The second-order valence-corrected chi connectivity index (χ2v) is 8.17. The van der Waals surface area contributed by atoms with Crippen LogP contribution in [-0.2, 0) is 21.8 Å². The molecule has 0 spiro atoms. The zero-order valence-electron chi connectivity index (χ0n) is 15.8. The molecule has 26 heavy (non-hydrogen) atoms. The lowest BCUT2D eigenvalue weighted by atomic mass is 10.0. The van der Waals surface area contributed by atoms with Crippen LogP contribution in [-0.4, -0.2) is 51.2 Å². The Kier molecular flexibility index (Phi) is 8.09. The third kappa shape index (κ3) is 6.34. The molecule has 0 radical (unpaired) electrons. The number of rotatable bonds is 9. The highest BCUT2D eigenvalue weighted by molar-refractivity contribution is 7.89. The molecule has 1 aromatic heterocycles. The lowest BCUT2D eigenvalue weighted by molar-refractivity contribution is 0.0936. The largest absolute Gasteiger partial charge is 0.450 e.